The summed E-state index contributed by atoms with van der Waals surface area (Å²) in [5.74, 6) is 0.0590. The van der Waals surface area contributed by atoms with E-state index in [9.17, 15) is 9.59 Å². The minimum absolute atomic E-state index is 0.148. The van der Waals surface area contributed by atoms with Crippen LogP contribution >= 0.6 is 24.0 Å². The van der Waals surface area contributed by atoms with E-state index in [4.69, 9.17) is 21.7 Å². The van der Waals surface area contributed by atoms with Gasteiger partial charge in [-0.25, -0.2) is 0 Å². The number of hydrogen-bond acceptors (Lipinski definition) is 6. The van der Waals surface area contributed by atoms with Crippen LogP contribution in [0.1, 0.15) is 25.8 Å². The molecule has 1 heterocycles. The summed E-state index contributed by atoms with van der Waals surface area (Å²) in [6.07, 6.45) is 2.49. The smallest absolute Gasteiger partial charge is 0.326 e. The van der Waals surface area contributed by atoms with Gasteiger partial charge in [-0.2, -0.15) is 0 Å². The average molecular weight is 365 g/mol. The van der Waals surface area contributed by atoms with Crippen LogP contribution in [0, 0.1) is 0 Å². The predicted octanol–water partition coefficient (Wildman–Crippen LogP) is 3.24. The maximum Gasteiger partial charge on any atom is 0.326 e. The van der Waals surface area contributed by atoms with Crippen molar-refractivity contribution in [1.82, 2.24) is 4.90 Å². The number of carbonyl (C=O) groups is 2. The summed E-state index contributed by atoms with van der Waals surface area (Å²) in [5.41, 5.74) is 0.868. The highest BCUT2D eigenvalue weighted by Gasteiger charge is 2.33. The number of benzene rings is 1. The maximum atomic E-state index is 12.4. The molecule has 0 N–H and O–H groups in total. The second kappa shape index (κ2) is 8.84. The lowest BCUT2D eigenvalue weighted by Crippen LogP contribution is -2.34. The van der Waals surface area contributed by atoms with Crippen molar-refractivity contribution in [2.45, 2.75) is 20.3 Å². The normalized spacial score (nSPS) is 15.9. The molecule has 0 atom stereocenters. The first-order valence-electron chi connectivity index (χ1n) is 7.69. The molecule has 2 rings (SSSR count). The van der Waals surface area contributed by atoms with Gasteiger partial charge in [-0.15, -0.1) is 0 Å². The lowest BCUT2D eigenvalue weighted by Gasteiger charge is -2.13. The molecule has 7 heteroatoms. The maximum absolute atomic E-state index is 12.4. The summed E-state index contributed by atoms with van der Waals surface area (Å²) in [5, 5.41) is 0. The Morgan fingerprint density at radius 1 is 1.29 bits per heavy atom. The van der Waals surface area contributed by atoms with Gasteiger partial charge in [0, 0.05) is 0 Å². The fraction of sp³-hybridized carbons (Fsp3) is 0.353. The molecule has 0 aliphatic carbocycles. The molecule has 1 aromatic carbocycles. The van der Waals surface area contributed by atoms with Gasteiger partial charge in [0.05, 0.1) is 18.1 Å². The molecule has 0 spiro atoms. The van der Waals surface area contributed by atoms with Crippen molar-refractivity contribution in [1.29, 1.82) is 0 Å². The number of thiocarbonyl (C=S) groups is 1. The molecule has 1 aliphatic heterocycles. The van der Waals surface area contributed by atoms with Crippen LogP contribution in [0.2, 0.25) is 0 Å². The van der Waals surface area contributed by atoms with E-state index in [0.717, 1.165) is 17.7 Å². The van der Waals surface area contributed by atoms with E-state index < -0.39 is 5.97 Å². The third-order valence-corrected chi connectivity index (χ3v) is 4.49. The van der Waals surface area contributed by atoms with Gasteiger partial charge in [-0.3, -0.25) is 14.5 Å². The van der Waals surface area contributed by atoms with Crippen LogP contribution in [0.3, 0.4) is 0 Å². The van der Waals surface area contributed by atoms with E-state index in [1.807, 2.05) is 38.1 Å². The van der Waals surface area contributed by atoms with E-state index in [0.29, 0.717) is 22.4 Å². The molecular formula is C17H19NO4S2. The highest BCUT2D eigenvalue weighted by molar-refractivity contribution is 8.26. The monoisotopic (exact) mass is 365 g/mol. The number of amides is 1. The number of hydrogen-bond donors (Lipinski definition) is 0. The highest BCUT2D eigenvalue weighted by atomic mass is 32.2. The Morgan fingerprint density at radius 2 is 2.00 bits per heavy atom. The van der Waals surface area contributed by atoms with Gasteiger partial charge in [0.2, 0.25) is 0 Å². The number of nitrogens with zero attached hydrogens (tertiary/aromatic N) is 1. The van der Waals surface area contributed by atoms with Crippen molar-refractivity contribution in [2.75, 3.05) is 19.8 Å². The molecule has 24 heavy (non-hydrogen) atoms. The second-order valence-corrected chi connectivity index (χ2v) is 6.67. The van der Waals surface area contributed by atoms with Crippen LogP contribution < -0.4 is 4.74 Å². The zero-order valence-corrected chi connectivity index (χ0v) is 15.2. The lowest BCUT2D eigenvalue weighted by molar-refractivity contribution is -0.146. The van der Waals surface area contributed by atoms with E-state index >= 15 is 0 Å². The van der Waals surface area contributed by atoms with Gasteiger partial charge >= 0.3 is 5.97 Å². The Labute approximate surface area is 151 Å². The predicted molar refractivity (Wildman–Crippen MR) is 98.7 cm³/mol. The lowest BCUT2D eigenvalue weighted by atomic mass is 10.2. The summed E-state index contributed by atoms with van der Waals surface area (Å²) in [6, 6.07) is 7.43. The van der Waals surface area contributed by atoms with Gasteiger partial charge in [0.1, 0.15) is 16.6 Å². The molecule has 1 amide bonds. The molecule has 0 unspecified atom stereocenters. The first-order valence-corrected chi connectivity index (χ1v) is 8.91. The molecule has 1 aromatic rings. The fourth-order valence-electron chi connectivity index (χ4n) is 2.01. The molecule has 1 aliphatic rings. The average Bonchev–Trinajstić information content (AvgIpc) is 2.82. The van der Waals surface area contributed by atoms with Crippen molar-refractivity contribution < 1.29 is 19.1 Å². The molecule has 0 aromatic heterocycles. The number of thioether (sulfide) groups is 1. The molecule has 128 valence electrons. The van der Waals surface area contributed by atoms with Crippen LogP contribution in [-0.4, -0.2) is 40.9 Å². The molecule has 0 saturated carbocycles. The first kappa shape index (κ1) is 18.5. The van der Waals surface area contributed by atoms with E-state index in [1.165, 1.54) is 16.7 Å². The van der Waals surface area contributed by atoms with Gasteiger partial charge in [0.15, 0.2) is 0 Å². The van der Waals surface area contributed by atoms with Crippen molar-refractivity contribution in [3.05, 3.63) is 34.7 Å². The van der Waals surface area contributed by atoms with Crippen LogP contribution in [0.5, 0.6) is 5.75 Å². The van der Waals surface area contributed by atoms with Crippen molar-refractivity contribution >= 4 is 46.3 Å². The molecule has 0 radical (unpaired) electrons. The first-order chi connectivity index (χ1) is 11.5. The molecule has 5 nitrogen and oxygen atoms in total. The van der Waals surface area contributed by atoms with Gasteiger partial charge in [0.25, 0.3) is 5.91 Å². The Kier molecular flexibility index (Phi) is 6.81. The van der Waals surface area contributed by atoms with Crippen LogP contribution in [0.25, 0.3) is 6.08 Å². The number of ether oxygens (including phenoxy) is 2. The largest absolute Gasteiger partial charge is 0.494 e. The SMILES string of the molecule is CCCOC(=O)CN1C(=O)/C(=C/c2ccc(OCC)cc2)SC1=S. The Balaban J connectivity index is 2.05. The van der Waals surface area contributed by atoms with E-state index in [-0.39, 0.29) is 12.5 Å². The summed E-state index contributed by atoms with van der Waals surface area (Å²) in [6.45, 7) is 4.63. The van der Waals surface area contributed by atoms with Crippen molar-refractivity contribution in [3.63, 3.8) is 0 Å². The van der Waals surface area contributed by atoms with Crippen LogP contribution in [0.4, 0.5) is 0 Å². The third kappa shape index (κ3) is 4.82. The molecule has 1 saturated heterocycles. The number of carbonyl (C=O) groups excluding carboxylic acids is 2. The minimum Gasteiger partial charge on any atom is -0.494 e. The Bertz CT molecular complexity index is 655. The number of rotatable bonds is 7. The quantitative estimate of drug-likeness (QED) is 0.420. The Morgan fingerprint density at radius 3 is 2.62 bits per heavy atom. The minimum atomic E-state index is -0.449. The molecule has 1 fully saturated rings. The zero-order chi connectivity index (χ0) is 17.5. The summed E-state index contributed by atoms with van der Waals surface area (Å²) in [4.78, 5) is 25.9. The number of esters is 1. The van der Waals surface area contributed by atoms with E-state index in [2.05, 4.69) is 0 Å². The second-order valence-electron chi connectivity index (χ2n) is 4.99. The molecular weight excluding hydrogens is 346 g/mol. The summed E-state index contributed by atoms with van der Waals surface area (Å²) in [7, 11) is 0. The topological polar surface area (TPSA) is 55.8 Å². The van der Waals surface area contributed by atoms with Crippen molar-refractivity contribution in [2.24, 2.45) is 0 Å². The Hall–Kier alpha value is -1.86. The van der Waals surface area contributed by atoms with Gasteiger partial charge in [-0.1, -0.05) is 43.0 Å². The van der Waals surface area contributed by atoms with Crippen LogP contribution in [0.15, 0.2) is 29.2 Å². The highest BCUT2D eigenvalue weighted by Crippen LogP contribution is 2.32. The third-order valence-electron chi connectivity index (χ3n) is 3.12. The van der Waals surface area contributed by atoms with Crippen LogP contribution in [-0.2, 0) is 14.3 Å². The zero-order valence-electron chi connectivity index (χ0n) is 13.6. The van der Waals surface area contributed by atoms with E-state index in [1.54, 1.807) is 6.08 Å². The fourth-order valence-corrected chi connectivity index (χ4v) is 3.26. The van der Waals surface area contributed by atoms with Gasteiger partial charge in [-0.05, 0) is 37.1 Å². The van der Waals surface area contributed by atoms with Crippen molar-refractivity contribution in [3.8, 4) is 5.75 Å². The van der Waals surface area contributed by atoms with Gasteiger partial charge < -0.3 is 9.47 Å². The standard InChI is InChI=1S/C17H19NO4S2/c1-3-9-22-15(19)11-18-16(20)14(24-17(18)23)10-12-5-7-13(8-6-12)21-4-2/h5-8,10H,3-4,9,11H2,1-2H3/b14-10-. The molecule has 0 bridgehead atoms. The summed E-state index contributed by atoms with van der Waals surface area (Å²) >= 11 is 6.38. The summed E-state index contributed by atoms with van der Waals surface area (Å²) < 4.78 is 10.8.